The predicted octanol–water partition coefficient (Wildman–Crippen LogP) is 2.08. The van der Waals surface area contributed by atoms with Gasteiger partial charge in [0.25, 0.3) is 5.24 Å². The van der Waals surface area contributed by atoms with Gasteiger partial charge in [0.1, 0.15) is 0 Å². The maximum absolute atomic E-state index is 11.6. The summed E-state index contributed by atoms with van der Waals surface area (Å²) in [6.45, 7) is 0. The van der Waals surface area contributed by atoms with Crippen LogP contribution in [0.5, 0.6) is 0 Å². The molecule has 0 aliphatic rings. The Morgan fingerprint density at radius 2 is 2.12 bits per heavy atom. The van der Waals surface area contributed by atoms with E-state index in [1.165, 1.54) is 18.2 Å². The average Bonchev–Trinajstić information content (AvgIpc) is 2.27. The van der Waals surface area contributed by atoms with E-state index in [0.29, 0.717) is 0 Å². The minimum absolute atomic E-state index is 0.0286. The minimum atomic E-state index is -0.984. The van der Waals surface area contributed by atoms with Gasteiger partial charge in [0, 0.05) is 12.1 Å². The summed E-state index contributed by atoms with van der Waals surface area (Å²) in [4.78, 5) is 32.5. The van der Waals surface area contributed by atoms with Gasteiger partial charge < -0.3 is 4.42 Å². The highest BCUT2D eigenvalue weighted by Crippen LogP contribution is 2.24. The summed E-state index contributed by atoms with van der Waals surface area (Å²) in [5.74, 6) is -0.418. The van der Waals surface area contributed by atoms with Gasteiger partial charge in [-0.25, -0.2) is 0 Å². The van der Waals surface area contributed by atoms with Crippen LogP contribution >= 0.6 is 11.6 Å². The molecule has 1 aromatic heterocycles. The van der Waals surface area contributed by atoms with Gasteiger partial charge in [-0.05, 0) is 17.7 Å². The molecular weight excluding hydrogens is 250 g/mol. The van der Waals surface area contributed by atoms with E-state index in [0.717, 1.165) is 6.07 Å². The van der Waals surface area contributed by atoms with Crippen LogP contribution in [0.4, 0.5) is 5.69 Å². The van der Waals surface area contributed by atoms with Gasteiger partial charge >= 0.3 is 5.69 Å². The molecule has 0 atom stereocenters. The Balaban J connectivity index is 2.93. The number of carbonyl (C=O) groups is 1. The van der Waals surface area contributed by atoms with Crippen molar-refractivity contribution in [1.29, 1.82) is 0 Å². The molecule has 7 heteroatoms. The Hall–Kier alpha value is -2.21. The maximum Gasteiger partial charge on any atom is 0.312 e. The zero-order chi connectivity index (χ0) is 12.6. The molecule has 17 heavy (non-hydrogen) atoms. The maximum atomic E-state index is 11.6. The Kier molecular flexibility index (Phi) is 2.64. The molecule has 1 heterocycles. The summed E-state index contributed by atoms with van der Waals surface area (Å²) in [5, 5.41) is 9.78. The van der Waals surface area contributed by atoms with E-state index < -0.39 is 21.4 Å². The van der Waals surface area contributed by atoms with E-state index in [1.807, 2.05) is 0 Å². The van der Waals surface area contributed by atoms with Crippen LogP contribution in [0.15, 0.2) is 33.5 Å². The first-order chi connectivity index (χ1) is 8.00. The molecule has 0 saturated carbocycles. The summed E-state index contributed by atoms with van der Waals surface area (Å²) in [5.41, 5.74) is -1.20. The van der Waals surface area contributed by atoms with Crippen molar-refractivity contribution in [2.75, 3.05) is 0 Å². The number of hydrogen-bond acceptors (Lipinski definition) is 5. The number of carbonyl (C=O) groups excluding carboxylic acids is 1. The molecule has 0 N–H and O–H groups in total. The lowest BCUT2D eigenvalue weighted by atomic mass is 10.2. The lowest BCUT2D eigenvalue weighted by Gasteiger charge is -1.99. The molecule has 0 amide bonds. The fourth-order valence-electron chi connectivity index (χ4n) is 1.40. The predicted molar refractivity (Wildman–Crippen MR) is 59.3 cm³/mol. The first kappa shape index (κ1) is 11.3. The summed E-state index contributed by atoms with van der Waals surface area (Å²) >= 11 is 5.17. The number of hydrogen-bond donors (Lipinski definition) is 0. The van der Waals surface area contributed by atoms with Crippen molar-refractivity contribution in [1.82, 2.24) is 0 Å². The number of benzene rings is 1. The molecule has 0 unspecified atom stereocenters. The molecular formula is C10H4ClNO5. The number of nitro groups is 1. The van der Waals surface area contributed by atoms with Gasteiger partial charge in [-0.2, -0.15) is 0 Å². The molecule has 0 radical (unpaired) electrons. The third-order valence-electron chi connectivity index (χ3n) is 2.12. The van der Waals surface area contributed by atoms with Crippen molar-refractivity contribution in [2.45, 2.75) is 0 Å². The highest BCUT2D eigenvalue weighted by molar-refractivity contribution is 6.67. The van der Waals surface area contributed by atoms with E-state index in [1.54, 1.807) is 0 Å². The Morgan fingerprint density at radius 3 is 2.71 bits per heavy atom. The largest absolute Gasteiger partial charge is 0.444 e. The number of fused-ring (bicyclic) bond motifs is 1. The molecule has 2 aromatic rings. The van der Waals surface area contributed by atoms with Gasteiger partial charge in [0.15, 0.2) is 11.2 Å². The van der Waals surface area contributed by atoms with E-state index in [9.17, 15) is 19.7 Å². The first-order valence-electron chi connectivity index (χ1n) is 4.42. The van der Waals surface area contributed by atoms with Gasteiger partial charge in [-0.3, -0.25) is 19.7 Å². The number of para-hydroxylation sites is 1. The molecule has 0 bridgehead atoms. The smallest absolute Gasteiger partial charge is 0.312 e. The van der Waals surface area contributed by atoms with E-state index >= 15 is 0 Å². The molecule has 0 aliphatic heterocycles. The number of rotatable bonds is 2. The highest BCUT2D eigenvalue weighted by Gasteiger charge is 2.18. The third kappa shape index (κ3) is 1.90. The lowest BCUT2D eigenvalue weighted by Crippen LogP contribution is -2.05. The van der Waals surface area contributed by atoms with Crippen LogP contribution in [0.25, 0.3) is 11.0 Å². The van der Waals surface area contributed by atoms with Crippen LogP contribution in [0.1, 0.15) is 10.6 Å². The van der Waals surface area contributed by atoms with Crippen LogP contribution in [0.3, 0.4) is 0 Å². The second-order valence-corrected chi connectivity index (χ2v) is 3.50. The van der Waals surface area contributed by atoms with Crippen LogP contribution in [-0.2, 0) is 0 Å². The Labute approximate surface area is 98.6 Å². The topological polar surface area (TPSA) is 90.4 Å². The van der Waals surface area contributed by atoms with E-state index in [-0.39, 0.29) is 16.7 Å². The SMILES string of the molecule is O=C(Cl)c1cc(=O)c2cccc([N+](=O)[O-])c2o1. The lowest BCUT2D eigenvalue weighted by molar-refractivity contribution is -0.383. The van der Waals surface area contributed by atoms with Crippen molar-refractivity contribution in [2.24, 2.45) is 0 Å². The molecule has 0 aliphatic carbocycles. The number of nitrogens with zero attached hydrogens (tertiary/aromatic N) is 1. The molecule has 0 fully saturated rings. The van der Waals surface area contributed by atoms with Crippen LogP contribution < -0.4 is 5.43 Å². The number of nitro benzene ring substituents is 1. The zero-order valence-electron chi connectivity index (χ0n) is 8.18. The number of non-ortho nitro benzene ring substituents is 1. The van der Waals surface area contributed by atoms with Crippen LogP contribution in [0.2, 0.25) is 0 Å². The molecule has 0 spiro atoms. The third-order valence-corrected chi connectivity index (χ3v) is 2.31. The Morgan fingerprint density at radius 1 is 1.41 bits per heavy atom. The zero-order valence-corrected chi connectivity index (χ0v) is 8.93. The van der Waals surface area contributed by atoms with Crippen molar-refractivity contribution in [3.63, 3.8) is 0 Å². The molecule has 0 saturated heterocycles. The first-order valence-corrected chi connectivity index (χ1v) is 4.79. The monoisotopic (exact) mass is 253 g/mol. The molecule has 86 valence electrons. The molecule has 2 rings (SSSR count). The summed E-state index contributed by atoms with van der Waals surface area (Å²) < 4.78 is 4.97. The molecule has 1 aromatic carbocycles. The van der Waals surface area contributed by atoms with E-state index in [4.69, 9.17) is 16.0 Å². The van der Waals surface area contributed by atoms with E-state index in [2.05, 4.69) is 0 Å². The van der Waals surface area contributed by atoms with Crippen molar-refractivity contribution in [3.05, 3.63) is 50.4 Å². The average molecular weight is 254 g/mol. The van der Waals surface area contributed by atoms with Gasteiger partial charge in [-0.1, -0.05) is 6.07 Å². The second kappa shape index (κ2) is 3.99. The molecule has 6 nitrogen and oxygen atoms in total. The normalized spacial score (nSPS) is 10.4. The van der Waals surface area contributed by atoms with Crippen LogP contribution in [-0.4, -0.2) is 10.2 Å². The minimum Gasteiger partial charge on any atom is -0.444 e. The fourth-order valence-corrected chi connectivity index (χ4v) is 1.50. The quantitative estimate of drug-likeness (QED) is 0.464. The van der Waals surface area contributed by atoms with Gasteiger partial charge in [0.2, 0.25) is 5.58 Å². The summed E-state index contributed by atoms with van der Waals surface area (Å²) in [7, 11) is 0. The van der Waals surface area contributed by atoms with Gasteiger partial charge in [-0.15, -0.1) is 0 Å². The second-order valence-electron chi connectivity index (χ2n) is 3.16. The number of halogens is 1. The standard InChI is InChI=1S/C10H4ClNO5/c11-10(14)8-4-7(13)5-2-1-3-6(12(15)16)9(5)17-8/h1-4H. The highest BCUT2D eigenvalue weighted by atomic mass is 35.5. The fraction of sp³-hybridized carbons (Fsp3) is 0. The van der Waals surface area contributed by atoms with Crippen molar-refractivity contribution in [3.8, 4) is 0 Å². The summed E-state index contributed by atoms with van der Waals surface area (Å²) in [6.07, 6.45) is 0. The van der Waals surface area contributed by atoms with Crippen molar-refractivity contribution >= 4 is 33.5 Å². The Bertz CT molecular complexity index is 691. The van der Waals surface area contributed by atoms with Gasteiger partial charge in [0.05, 0.1) is 10.3 Å². The van der Waals surface area contributed by atoms with Crippen molar-refractivity contribution < 1.29 is 14.1 Å². The van der Waals surface area contributed by atoms with Crippen LogP contribution in [0, 0.1) is 10.1 Å². The summed E-state index contributed by atoms with van der Waals surface area (Å²) in [6, 6.07) is 4.81.